The molecule has 2 rings (SSSR count). The lowest BCUT2D eigenvalue weighted by molar-refractivity contribution is -0.350. The van der Waals surface area contributed by atoms with E-state index < -0.39 is 7.37 Å². The second-order valence-corrected chi connectivity index (χ2v) is 5.87. The average molecular weight is 282 g/mol. The van der Waals surface area contributed by atoms with Gasteiger partial charge < -0.3 is 26.7 Å². The van der Waals surface area contributed by atoms with Gasteiger partial charge in [-0.3, -0.25) is 0 Å². The molecule has 0 fully saturated rings. The Hall–Kier alpha value is -2.18. The van der Waals surface area contributed by atoms with Gasteiger partial charge in [-0.15, -0.1) is 0 Å². The molecule has 0 saturated carbocycles. The summed E-state index contributed by atoms with van der Waals surface area (Å²) in [6.45, 7) is 1.22. The lowest BCUT2D eigenvalue weighted by Gasteiger charge is -2.16. The number of nitrogens with zero attached hydrogens (tertiary/aromatic N) is 2. The van der Waals surface area contributed by atoms with Crippen molar-refractivity contribution in [3.05, 3.63) is 30.3 Å². The topological polar surface area (TPSA) is 158 Å². The van der Waals surface area contributed by atoms with Crippen molar-refractivity contribution in [3.8, 4) is 0 Å². The second-order valence-electron chi connectivity index (χ2n) is 3.66. The second kappa shape index (κ2) is 6.12. The zero-order valence-corrected chi connectivity index (χ0v) is 11.2. The SMILES string of the molecule is CP(=O)([O-])c1ccccc1.Nc1nc(N)[nH+]c(N)n1. The Morgan fingerprint density at radius 2 is 1.58 bits per heavy atom. The summed E-state index contributed by atoms with van der Waals surface area (Å²) in [7, 11) is -3.27. The molecule has 1 aromatic carbocycles. The molecule has 8 nitrogen and oxygen atoms in total. The third kappa shape index (κ3) is 5.33. The summed E-state index contributed by atoms with van der Waals surface area (Å²) in [5.41, 5.74) is 15.5. The van der Waals surface area contributed by atoms with Crippen LogP contribution >= 0.6 is 7.37 Å². The van der Waals surface area contributed by atoms with Crippen LogP contribution in [-0.2, 0) is 4.57 Å². The van der Waals surface area contributed by atoms with Crippen LogP contribution in [0.1, 0.15) is 0 Å². The minimum Gasteiger partial charge on any atom is -0.796 e. The molecule has 0 spiro atoms. The van der Waals surface area contributed by atoms with Crippen LogP contribution in [0.4, 0.5) is 17.8 Å². The molecule has 7 N–H and O–H groups in total. The molecule has 0 aliphatic carbocycles. The lowest BCUT2D eigenvalue weighted by atomic mass is 10.4. The number of nitrogen functional groups attached to an aromatic ring is 3. The smallest absolute Gasteiger partial charge is 0.320 e. The number of aromatic amines is 1. The van der Waals surface area contributed by atoms with E-state index in [0.29, 0.717) is 5.30 Å². The molecule has 1 unspecified atom stereocenters. The number of nitrogens with two attached hydrogens (primary N) is 3. The van der Waals surface area contributed by atoms with E-state index in [2.05, 4.69) is 15.0 Å². The van der Waals surface area contributed by atoms with Crippen LogP contribution in [0.2, 0.25) is 0 Å². The molecule has 0 aliphatic rings. The number of aromatic nitrogens is 3. The van der Waals surface area contributed by atoms with Gasteiger partial charge in [-0.05, 0) is 12.0 Å². The summed E-state index contributed by atoms with van der Waals surface area (Å²) >= 11 is 0. The highest BCUT2D eigenvalue weighted by molar-refractivity contribution is 7.63. The zero-order chi connectivity index (χ0) is 14.5. The van der Waals surface area contributed by atoms with Gasteiger partial charge in [0.25, 0.3) is 0 Å². The van der Waals surface area contributed by atoms with E-state index in [1.54, 1.807) is 30.3 Å². The number of anilines is 3. The van der Waals surface area contributed by atoms with E-state index in [1.807, 2.05) is 0 Å². The van der Waals surface area contributed by atoms with Crippen LogP contribution < -0.4 is 32.4 Å². The Bertz CT molecular complexity index is 535. The molecule has 0 bridgehead atoms. The molecular weight excluding hydrogens is 267 g/mol. The number of rotatable bonds is 1. The maximum absolute atomic E-state index is 10.9. The van der Waals surface area contributed by atoms with Crippen molar-refractivity contribution >= 4 is 30.5 Å². The van der Waals surface area contributed by atoms with E-state index in [-0.39, 0.29) is 17.8 Å². The normalized spacial score (nSPS) is 12.9. The number of benzene rings is 1. The molecule has 9 heteroatoms. The van der Waals surface area contributed by atoms with Crippen molar-refractivity contribution in [2.45, 2.75) is 0 Å². The van der Waals surface area contributed by atoms with E-state index in [9.17, 15) is 9.46 Å². The molecule has 0 amide bonds. The van der Waals surface area contributed by atoms with Gasteiger partial charge in [0.1, 0.15) is 0 Å². The highest BCUT2D eigenvalue weighted by Crippen LogP contribution is 2.27. The lowest BCUT2D eigenvalue weighted by Crippen LogP contribution is -2.20. The predicted octanol–water partition coefficient (Wildman–Crippen LogP) is -1.38. The van der Waals surface area contributed by atoms with Gasteiger partial charge in [0.2, 0.25) is 0 Å². The largest absolute Gasteiger partial charge is 0.796 e. The molecule has 19 heavy (non-hydrogen) atoms. The Balaban J connectivity index is 0.000000191. The van der Waals surface area contributed by atoms with Gasteiger partial charge >= 0.3 is 17.8 Å². The molecule has 0 saturated heterocycles. The van der Waals surface area contributed by atoms with Gasteiger partial charge in [0.05, 0.1) is 0 Å². The molecule has 2 aromatic rings. The minimum absolute atomic E-state index is 0.0729. The van der Waals surface area contributed by atoms with Gasteiger partial charge in [-0.2, -0.15) is 0 Å². The van der Waals surface area contributed by atoms with E-state index in [4.69, 9.17) is 17.2 Å². The molecular formula is C10H15N6O2P. The number of H-pyrrole nitrogens is 1. The summed E-state index contributed by atoms with van der Waals surface area (Å²) in [5.74, 6) is 0.406. The van der Waals surface area contributed by atoms with Crippen LogP contribution in [0, 0.1) is 0 Å². The van der Waals surface area contributed by atoms with Crippen LogP contribution in [0.25, 0.3) is 0 Å². The Morgan fingerprint density at radius 3 is 1.89 bits per heavy atom. The Morgan fingerprint density at radius 1 is 1.11 bits per heavy atom. The highest BCUT2D eigenvalue weighted by atomic mass is 31.2. The Labute approximate surface area is 110 Å². The molecule has 0 radical (unpaired) electrons. The van der Waals surface area contributed by atoms with Crippen molar-refractivity contribution in [2.24, 2.45) is 0 Å². The summed E-state index contributed by atoms with van der Waals surface area (Å²) in [4.78, 5) is 20.4. The van der Waals surface area contributed by atoms with E-state index >= 15 is 0 Å². The highest BCUT2D eigenvalue weighted by Gasteiger charge is 2.01. The summed E-state index contributed by atoms with van der Waals surface area (Å²) < 4.78 is 10.9. The van der Waals surface area contributed by atoms with Crippen molar-refractivity contribution < 1.29 is 14.4 Å². The first-order valence-corrected chi connectivity index (χ1v) is 7.28. The first-order valence-electron chi connectivity index (χ1n) is 5.21. The maximum atomic E-state index is 10.9. The molecule has 0 aliphatic heterocycles. The third-order valence-electron chi connectivity index (χ3n) is 1.95. The number of hydrogen-bond acceptors (Lipinski definition) is 7. The van der Waals surface area contributed by atoms with E-state index in [1.165, 1.54) is 6.66 Å². The molecule has 1 heterocycles. The number of nitrogens with one attached hydrogen (secondary N) is 1. The summed E-state index contributed by atoms with van der Waals surface area (Å²) in [6, 6.07) is 8.40. The summed E-state index contributed by atoms with van der Waals surface area (Å²) in [6.07, 6.45) is 0. The molecule has 102 valence electrons. The van der Waals surface area contributed by atoms with Gasteiger partial charge in [-0.1, -0.05) is 40.3 Å². The van der Waals surface area contributed by atoms with Crippen molar-refractivity contribution in [1.29, 1.82) is 0 Å². The standard InChI is InChI=1S/C7H9O2P.C3H6N6/c1-10(8,9)7-5-3-2-4-6-7;4-1-7-2(5)9-3(6)8-1/h2-6H,1H3,(H,8,9);(H6,4,5,6,7,8,9). The fraction of sp³-hybridized carbons (Fsp3) is 0.100. The monoisotopic (exact) mass is 282 g/mol. The van der Waals surface area contributed by atoms with Gasteiger partial charge in [0.15, 0.2) is 0 Å². The first kappa shape index (κ1) is 14.9. The zero-order valence-electron chi connectivity index (χ0n) is 10.3. The predicted molar refractivity (Wildman–Crippen MR) is 71.4 cm³/mol. The number of hydrogen-bond donors (Lipinski definition) is 3. The molecule has 1 atom stereocenters. The third-order valence-corrected chi connectivity index (χ3v) is 3.19. The molecule has 1 aromatic heterocycles. The maximum Gasteiger partial charge on any atom is 0.320 e. The van der Waals surface area contributed by atoms with Gasteiger partial charge in [0, 0.05) is 7.37 Å². The first-order chi connectivity index (χ1) is 8.79. The average Bonchev–Trinajstić information content (AvgIpc) is 2.28. The van der Waals surface area contributed by atoms with Crippen molar-refractivity contribution in [1.82, 2.24) is 9.97 Å². The fourth-order valence-electron chi connectivity index (χ4n) is 1.16. The quantitative estimate of drug-likeness (QED) is 0.543. The Kier molecular flexibility index (Phi) is 4.80. The van der Waals surface area contributed by atoms with Crippen LogP contribution in [-0.4, -0.2) is 16.6 Å². The van der Waals surface area contributed by atoms with Crippen LogP contribution in [0.15, 0.2) is 30.3 Å². The van der Waals surface area contributed by atoms with Crippen LogP contribution in [0.3, 0.4) is 0 Å². The summed E-state index contributed by atoms with van der Waals surface area (Å²) in [5, 5.41) is 0.398. The van der Waals surface area contributed by atoms with E-state index in [0.717, 1.165) is 0 Å². The fourth-order valence-corrected chi connectivity index (χ4v) is 1.87. The minimum atomic E-state index is -3.27. The van der Waals surface area contributed by atoms with Crippen LogP contribution in [0.5, 0.6) is 0 Å². The van der Waals surface area contributed by atoms with Crippen molar-refractivity contribution in [3.63, 3.8) is 0 Å². The van der Waals surface area contributed by atoms with Crippen molar-refractivity contribution in [2.75, 3.05) is 23.9 Å². The van der Waals surface area contributed by atoms with Gasteiger partial charge in [-0.25, -0.2) is 4.98 Å².